The van der Waals surface area contributed by atoms with Crippen molar-refractivity contribution >= 4 is 5.95 Å². The summed E-state index contributed by atoms with van der Waals surface area (Å²) in [6, 6.07) is 0.587. The van der Waals surface area contributed by atoms with Gasteiger partial charge in [-0.3, -0.25) is 0 Å². The van der Waals surface area contributed by atoms with Crippen LogP contribution in [0, 0.1) is 12.8 Å². The van der Waals surface area contributed by atoms with E-state index in [1.807, 2.05) is 13.1 Å². The van der Waals surface area contributed by atoms with Crippen LogP contribution in [0.2, 0.25) is 0 Å². The van der Waals surface area contributed by atoms with Gasteiger partial charge in [-0.05, 0) is 38.5 Å². The zero-order valence-corrected chi connectivity index (χ0v) is 11.7. The number of anilines is 1. The Morgan fingerprint density at radius 2 is 2.00 bits per heavy atom. The molecule has 1 aromatic heterocycles. The summed E-state index contributed by atoms with van der Waals surface area (Å²) in [6.45, 7) is 4.85. The van der Waals surface area contributed by atoms with Gasteiger partial charge in [0.05, 0.1) is 0 Å². The van der Waals surface area contributed by atoms with Gasteiger partial charge < -0.3 is 10.6 Å². The lowest BCUT2D eigenvalue weighted by Gasteiger charge is -2.33. The third kappa shape index (κ3) is 2.80. The minimum atomic E-state index is 0.511. The molecule has 18 heavy (non-hydrogen) atoms. The third-order valence-electron chi connectivity index (χ3n) is 4.14. The maximum absolute atomic E-state index is 5.64. The highest BCUT2D eigenvalue weighted by molar-refractivity contribution is 5.33. The van der Waals surface area contributed by atoms with E-state index in [9.17, 15) is 0 Å². The zero-order chi connectivity index (χ0) is 13.1. The van der Waals surface area contributed by atoms with E-state index in [2.05, 4.69) is 28.8 Å². The van der Waals surface area contributed by atoms with Crippen molar-refractivity contribution in [3.63, 3.8) is 0 Å². The van der Waals surface area contributed by atoms with Crippen LogP contribution in [-0.2, 0) is 6.54 Å². The Morgan fingerprint density at radius 3 is 2.56 bits per heavy atom. The molecule has 0 amide bonds. The maximum Gasteiger partial charge on any atom is 0.225 e. The molecule has 2 N–H and O–H groups in total. The summed E-state index contributed by atoms with van der Waals surface area (Å²) >= 11 is 0. The molecule has 0 unspecified atom stereocenters. The maximum atomic E-state index is 5.64. The standard InChI is InChI=1S/C14H24N4/c1-10-4-6-13(7-5-10)18(3)14-16-9-12(8-15)11(2)17-14/h9-10,13H,4-8,15H2,1-3H3. The van der Waals surface area contributed by atoms with Crippen molar-refractivity contribution in [3.8, 4) is 0 Å². The molecule has 0 atom stereocenters. The fraction of sp³-hybridized carbons (Fsp3) is 0.714. The van der Waals surface area contributed by atoms with E-state index >= 15 is 0 Å². The summed E-state index contributed by atoms with van der Waals surface area (Å²) in [5.74, 6) is 1.71. The molecule has 1 fully saturated rings. The minimum Gasteiger partial charge on any atom is -0.341 e. The monoisotopic (exact) mass is 248 g/mol. The molecule has 0 saturated heterocycles. The van der Waals surface area contributed by atoms with Gasteiger partial charge in [-0.25, -0.2) is 9.97 Å². The average molecular weight is 248 g/mol. The van der Waals surface area contributed by atoms with E-state index in [0.717, 1.165) is 23.1 Å². The van der Waals surface area contributed by atoms with Crippen LogP contribution in [0.25, 0.3) is 0 Å². The zero-order valence-electron chi connectivity index (χ0n) is 11.7. The van der Waals surface area contributed by atoms with Crippen LogP contribution in [0.1, 0.15) is 43.9 Å². The van der Waals surface area contributed by atoms with Crippen LogP contribution < -0.4 is 10.6 Å². The number of aryl methyl sites for hydroxylation is 1. The number of hydrogen-bond donors (Lipinski definition) is 1. The van der Waals surface area contributed by atoms with Crippen LogP contribution in [0.3, 0.4) is 0 Å². The molecule has 1 saturated carbocycles. The molecule has 4 nitrogen and oxygen atoms in total. The number of hydrogen-bond acceptors (Lipinski definition) is 4. The van der Waals surface area contributed by atoms with E-state index in [1.54, 1.807) is 0 Å². The lowest BCUT2D eigenvalue weighted by Crippen LogP contribution is -2.36. The molecule has 2 rings (SSSR count). The van der Waals surface area contributed by atoms with Gasteiger partial charge in [-0.1, -0.05) is 6.92 Å². The molecule has 1 aliphatic carbocycles. The van der Waals surface area contributed by atoms with Gasteiger partial charge in [0.1, 0.15) is 0 Å². The van der Waals surface area contributed by atoms with E-state index in [-0.39, 0.29) is 0 Å². The molecule has 1 heterocycles. The van der Waals surface area contributed by atoms with Gasteiger partial charge in [-0.2, -0.15) is 0 Å². The number of aromatic nitrogens is 2. The van der Waals surface area contributed by atoms with Crippen LogP contribution in [0.5, 0.6) is 0 Å². The lowest BCUT2D eigenvalue weighted by molar-refractivity contribution is 0.339. The molecule has 4 heteroatoms. The van der Waals surface area contributed by atoms with Crippen LogP contribution >= 0.6 is 0 Å². The van der Waals surface area contributed by atoms with Crippen molar-refractivity contribution in [2.75, 3.05) is 11.9 Å². The first-order chi connectivity index (χ1) is 8.61. The summed E-state index contributed by atoms with van der Waals surface area (Å²) in [5.41, 5.74) is 7.67. The topological polar surface area (TPSA) is 55.0 Å². The Labute approximate surface area is 110 Å². The molecule has 100 valence electrons. The fourth-order valence-electron chi connectivity index (χ4n) is 2.64. The molecular weight excluding hydrogens is 224 g/mol. The normalized spacial score (nSPS) is 24.0. The fourth-order valence-corrected chi connectivity index (χ4v) is 2.64. The van der Waals surface area contributed by atoms with Gasteiger partial charge in [0.2, 0.25) is 5.95 Å². The van der Waals surface area contributed by atoms with Crippen molar-refractivity contribution in [2.45, 2.75) is 52.1 Å². The largest absolute Gasteiger partial charge is 0.341 e. The van der Waals surface area contributed by atoms with Gasteiger partial charge in [0.15, 0.2) is 0 Å². The molecule has 0 spiro atoms. The van der Waals surface area contributed by atoms with Crippen molar-refractivity contribution in [1.82, 2.24) is 9.97 Å². The van der Waals surface area contributed by atoms with Gasteiger partial charge >= 0.3 is 0 Å². The first-order valence-electron chi connectivity index (χ1n) is 6.87. The second kappa shape index (κ2) is 5.65. The van der Waals surface area contributed by atoms with E-state index in [0.29, 0.717) is 12.6 Å². The Bertz CT molecular complexity index is 397. The quantitative estimate of drug-likeness (QED) is 0.891. The Hall–Kier alpha value is -1.16. The van der Waals surface area contributed by atoms with Gasteiger partial charge in [0, 0.05) is 37.1 Å². The highest BCUT2D eigenvalue weighted by atomic mass is 15.2. The smallest absolute Gasteiger partial charge is 0.225 e. The highest BCUT2D eigenvalue weighted by Gasteiger charge is 2.23. The average Bonchev–Trinajstić information content (AvgIpc) is 2.38. The lowest BCUT2D eigenvalue weighted by atomic mass is 9.87. The van der Waals surface area contributed by atoms with Crippen molar-refractivity contribution in [2.24, 2.45) is 11.7 Å². The summed E-state index contributed by atoms with van der Waals surface area (Å²) in [7, 11) is 2.11. The second-order valence-corrected chi connectivity index (χ2v) is 5.51. The Balaban J connectivity index is 2.08. The van der Waals surface area contributed by atoms with Crippen molar-refractivity contribution in [3.05, 3.63) is 17.5 Å². The van der Waals surface area contributed by atoms with Gasteiger partial charge in [-0.15, -0.1) is 0 Å². The molecule has 1 aliphatic rings. The highest BCUT2D eigenvalue weighted by Crippen LogP contribution is 2.28. The Morgan fingerprint density at radius 1 is 1.33 bits per heavy atom. The summed E-state index contributed by atoms with van der Waals surface area (Å²) < 4.78 is 0. The van der Waals surface area contributed by atoms with Crippen LogP contribution in [0.4, 0.5) is 5.95 Å². The molecule has 0 aromatic carbocycles. The molecular formula is C14H24N4. The predicted molar refractivity (Wildman–Crippen MR) is 74.5 cm³/mol. The molecule has 0 radical (unpaired) electrons. The number of nitrogens with two attached hydrogens (primary N) is 1. The predicted octanol–water partition coefficient (Wildman–Crippen LogP) is 2.26. The summed E-state index contributed by atoms with van der Waals surface area (Å²) in [5, 5.41) is 0. The molecule has 0 bridgehead atoms. The van der Waals surface area contributed by atoms with E-state index in [4.69, 9.17) is 5.73 Å². The number of nitrogens with zero attached hydrogens (tertiary/aromatic N) is 3. The van der Waals surface area contributed by atoms with Crippen LogP contribution in [0.15, 0.2) is 6.20 Å². The minimum absolute atomic E-state index is 0.511. The Kier molecular flexibility index (Phi) is 4.17. The van der Waals surface area contributed by atoms with E-state index in [1.165, 1.54) is 25.7 Å². The SMILES string of the molecule is Cc1nc(N(C)C2CCC(C)CC2)ncc1CN. The molecule has 0 aliphatic heterocycles. The van der Waals surface area contributed by atoms with Gasteiger partial charge in [0.25, 0.3) is 0 Å². The second-order valence-electron chi connectivity index (χ2n) is 5.51. The van der Waals surface area contributed by atoms with Crippen molar-refractivity contribution in [1.29, 1.82) is 0 Å². The summed E-state index contributed by atoms with van der Waals surface area (Å²) in [6.07, 6.45) is 6.99. The van der Waals surface area contributed by atoms with E-state index < -0.39 is 0 Å². The first kappa shape index (κ1) is 13.3. The first-order valence-corrected chi connectivity index (χ1v) is 6.87. The molecule has 1 aromatic rings. The van der Waals surface area contributed by atoms with Crippen molar-refractivity contribution < 1.29 is 0 Å². The number of rotatable bonds is 3. The summed E-state index contributed by atoms with van der Waals surface area (Å²) in [4.78, 5) is 11.2. The van der Waals surface area contributed by atoms with Crippen LogP contribution in [-0.4, -0.2) is 23.1 Å². The third-order valence-corrected chi connectivity index (χ3v) is 4.14.